The van der Waals surface area contributed by atoms with E-state index < -0.39 is 17.1 Å². The molecule has 1 fully saturated rings. The Kier molecular flexibility index (Phi) is 10.2. The lowest BCUT2D eigenvalue weighted by atomic mass is 10.1. The zero-order valence-electron chi connectivity index (χ0n) is 22.3. The monoisotopic (exact) mass is 604 g/mol. The topological polar surface area (TPSA) is 112 Å². The summed E-state index contributed by atoms with van der Waals surface area (Å²) >= 11 is 10.8. The van der Waals surface area contributed by atoms with Gasteiger partial charge in [-0.2, -0.15) is 10.2 Å². The molecule has 0 bridgehead atoms. The molecule has 2 aromatic heterocycles. The van der Waals surface area contributed by atoms with Crippen molar-refractivity contribution < 1.29 is 24.2 Å². The average molecular weight is 606 g/mol. The molecule has 5 rings (SSSR count). The Labute approximate surface area is 245 Å². The van der Waals surface area contributed by atoms with Crippen molar-refractivity contribution in [3.05, 3.63) is 70.5 Å². The third kappa shape index (κ3) is 7.00. The zero-order valence-corrected chi connectivity index (χ0v) is 24.7. The molecule has 9 nitrogen and oxygen atoms in total. The number of benzene rings is 2. The van der Waals surface area contributed by atoms with Crippen molar-refractivity contribution in [3.8, 4) is 17.0 Å². The summed E-state index contributed by atoms with van der Waals surface area (Å²) in [5.41, 5.74) is 2.32. The van der Waals surface area contributed by atoms with E-state index in [-0.39, 0.29) is 5.56 Å². The van der Waals surface area contributed by atoms with Gasteiger partial charge in [-0.05, 0) is 61.6 Å². The van der Waals surface area contributed by atoms with Crippen LogP contribution in [0.25, 0.3) is 16.9 Å². The van der Waals surface area contributed by atoms with Gasteiger partial charge in [0, 0.05) is 47.2 Å². The molecule has 2 aromatic carbocycles. The molecule has 1 atom stereocenters. The van der Waals surface area contributed by atoms with Gasteiger partial charge in [-0.3, -0.25) is 14.3 Å². The average Bonchev–Trinajstić information content (AvgIpc) is 3.68. The van der Waals surface area contributed by atoms with E-state index in [1.54, 1.807) is 37.8 Å². The third-order valence-corrected chi connectivity index (χ3v) is 7.67. The van der Waals surface area contributed by atoms with Gasteiger partial charge >= 0.3 is 5.97 Å². The Morgan fingerprint density at radius 3 is 2.62 bits per heavy atom. The van der Waals surface area contributed by atoms with Gasteiger partial charge in [-0.15, -0.1) is 0 Å². The van der Waals surface area contributed by atoms with Gasteiger partial charge in [-0.1, -0.05) is 36.2 Å². The van der Waals surface area contributed by atoms with Crippen LogP contribution in [0.1, 0.15) is 36.5 Å². The minimum absolute atomic E-state index is 0.222. The predicted octanol–water partition coefficient (Wildman–Crippen LogP) is 6.39. The molecule has 2 heterocycles. The van der Waals surface area contributed by atoms with E-state index in [2.05, 4.69) is 21.7 Å². The second kappa shape index (κ2) is 13.6. The number of imidazole rings is 1. The lowest BCUT2D eigenvalue weighted by molar-refractivity contribution is -0.182. The summed E-state index contributed by atoms with van der Waals surface area (Å²) in [7, 11) is 1.61. The summed E-state index contributed by atoms with van der Waals surface area (Å²) in [4.78, 5) is 25.8. The molecule has 0 aliphatic heterocycles. The van der Waals surface area contributed by atoms with Gasteiger partial charge in [0.1, 0.15) is 17.7 Å². The van der Waals surface area contributed by atoms with Crippen LogP contribution >= 0.6 is 23.2 Å². The first-order chi connectivity index (χ1) is 19.3. The molecule has 1 unspecified atom stereocenters. The lowest BCUT2D eigenvalue weighted by Crippen LogP contribution is -2.29. The van der Waals surface area contributed by atoms with Crippen LogP contribution in [0.2, 0.25) is 10.0 Å². The summed E-state index contributed by atoms with van der Waals surface area (Å²) in [5, 5.41) is 9.54. The lowest BCUT2D eigenvalue weighted by Gasteiger charge is -2.24. The highest BCUT2D eigenvalue weighted by atomic mass is 35.5. The molecule has 1 saturated carbocycles. The number of hydrogen-bond donors (Lipinski definition) is 1. The Balaban J connectivity index is 0.000000283. The Morgan fingerprint density at radius 1 is 1.25 bits per heavy atom. The van der Waals surface area contributed by atoms with Gasteiger partial charge in [0.05, 0.1) is 17.7 Å². The number of anilines is 1. The van der Waals surface area contributed by atoms with E-state index in [0.29, 0.717) is 38.1 Å². The van der Waals surface area contributed by atoms with Crippen LogP contribution < -0.4 is 9.64 Å². The van der Waals surface area contributed by atoms with Crippen molar-refractivity contribution in [2.24, 2.45) is 5.92 Å². The Hall–Kier alpha value is -3.02. The predicted molar refractivity (Wildman–Crippen MR) is 157 cm³/mol. The summed E-state index contributed by atoms with van der Waals surface area (Å²) in [6, 6.07) is 11.6. The van der Waals surface area contributed by atoms with Crippen molar-refractivity contribution in [1.82, 2.24) is 14.4 Å². The number of hydrogen-bond acceptors (Lipinski definition) is 8. The van der Waals surface area contributed by atoms with Gasteiger partial charge in [0.2, 0.25) is 0 Å². The van der Waals surface area contributed by atoms with Crippen molar-refractivity contribution in [3.63, 3.8) is 0 Å². The number of carbonyl (C=O) groups excluding carboxylic acids is 1. The van der Waals surface area contributed by atoms with Gasteiger partial charge in [-0.25, -0.2) is 4.79 Å². The minimum atomic E-state index is -1.22. The molecule has 0 radical (unpaired) electrons. The van der Waals surface area contributed by atoms with E-state index in [4.69, 9.17) is 38.2 Å². The van der Waals surface area contributed by atoms with Crippen molar-refractivity contribution in [2.75, 3.05) is 31.4 Å². The molecule has 0 saturated heterocycles. The Bertz CT molecular complexity index is 1480. The highest BCUT2D eigenvalue weighted by Crippen LogP contribution is 2.37. The fraction of sp³-hybridized carbons (Fsp3) is 0.321. The largest absolute Gasteiger partial charge is 0.610 e. The number of halogens is 2. The summed E-state index contributed by atoms with van der Waals surface area (Å²) < 4.78 is 19.9. The van der Waals surface area contributed by atoms with Crippen LogP contribution in [0.5, 0.6) is 5.75 Å². The number of carbonyl (C=O) groups is 1. The standard InChI is InChI=1S/C21H25ClN4O2S.C7H5ClO3/c1-4-10-25(13-14-5-6-14)21-20(29(3)27)24-19-18(23-9-11-26(19)21)16-8-7-15(28-2)12-17(16)22;8-6-3-1-2-5(4-6)7(9)11-10/h7-9,11-12,14H,4-6,10,13H2,1-3H3;1-4,10H. The van der Waals surface area contributed by atoms with Crippen LogP contribution in [0.4, 0.5) is 5.82 Å². The maximum atomic E-state index is 12.6. The fourth-order valence-corrected chi connectivity index (χ4v) is 5.41. The van der Waals surface area contributed by atoms with E-state index >= 15 is 0 Å². The highest BCUT2D eigenvalue weighted by molar-refractivity contribution is 7.90. The van der Waals surface area contributed by atoms with Gasteiger partial charge in [0.15, 0.2) is 11.5 Å². The first kappa shape index (κ1) is 30.0. The third-order valence-electron chi connectivity index (χ3n) is 6.30. The van der Waals surface area contributed by atoms with E-state index in [0.717, 1.165) is 30.9 Å². The molecule has 1 N–H and O–H groups in total. The SMILES string of the molecule is CCCN(CC1CC1)c1c([S+](C)[O-])nc2c(-c3ccc(OC)cc3Cl)nccn12.O=C(OO)c1cccc(Cl)c1. The van der Waals surface area contributed by atoms with Crippen molar-refractivity contribution in [2.45, 2.75) is 31.2 Å². The molecule has 40 heavy (non-hydrogen) atoms. The number of aromatic nitrogens is 3. The second-order valence-electron chi connectivity index (χ2n) is 9.29. The number of fused-ring (bicyclic) bond motifs is 1. The first-order valence-electron chi connectivity index (χ1n) is 12.7. The van der Waals surface area contributed by atoms with Crippen molar-refractivity contribution >= 4 is 51.8 Å². The molecule has 1 aliphatic rings. The number of rotatable bonds is 9. The van der Waals surface area contributed by atoms with Gasteiger partial charge < -0.3 is 14.2 Å². The molecule has 12 heteroatoms. The molecule has 0 spiro atoms. The van der Waals surface area contributed by atoms with E-state index in [1.807, 2.05) is 22.7 Å². The van der Waals surface area contributed by atoms with Crippen LogP contribution in [0.3, 0.4) is 0 Å². The zero-order chi connectivity index (χ0) is 28.8. The van der Waals surface area contributed by atoms with Crippen LogP contribution in [-0.4, -0.2) is 56.6 Å². The van der Waals surface area contributed by atoms with Gasteiger partial charge in [0.25, 0.3) is 5.03 Å². The number of methoxy groups -OCH3 is 1. The summed E-state index contributed by atoms with van der Waals surface area (Å²) in [6.07, 6.45) is 8.85. The van der Waals surface area contributed by atoms with Crippen LogP contribution in [-0.2, 0) is 16.1 Å². The minimum Gasteiger partial charge on any atom is -0.610 e. The van der Waals surface area contributed by atoms with E-state index in [1.165, 1.54) is 25.0 Å². The molecular formula is C28H30Cl2N4O5S. The smallest absolute Gasteiger partial charge is 0.372 e. The summed E-state index contributed by atoms with van der Waals surface area (Å²) in [5.74, 6) is 1.49. The highest BCUT2D eigenvalue weighted by Gasteiger charge is 2.31. The first-order valence-corrected chi connectivity index (χ1v) is 15.0. The molecule has 1 aliphatic carbocycles. The maximum Gasteiger partial charge on any atom is 0.372 e. The maximum absolute atomic E-state index is 12.6. The molecule has 0 amide bonds. The normalized spacial score (nSPS) is 13.4. The molecular weight excluding hydrogens is 575 g/mol. The summed E-state index contributed by atoms with van der Waals surface area (Å²) in [6.45, 7) is 4.03. The second-order valence-corrected chi connectivity index (χ2v) is 11.4. The molecule has 212 valence electrons. The van der Waals surface area contributed by atoms with Crippen LogP contribution in [0.15, 0.2) is 59.9 Å². The molecule has 4 aromatic rings. The quantitative estimate of drug-likeness (QED) is 0.133. The number of ether oxygens (including phenoxy) is 1. The number of nitrogens with zero attached hydrogens (tertiary/aromatic N) is 4. The van der Waals surface area contributed by atoms with E-state index in [9.17, 15) is 9.35 Å². The fourth-order valence-electron chi connectivity index (χ4n) is 4.26. The van der Waals surface area contributed by atoms with Crippen LogP contribution in [0, 0.1) is 5.92 Å². The Morgan fingerprint density at radius 2 is 2.02 bits per heavy atom. The van der Waals surface area contributed by atoms with Crippen molar-refractivity contribution in [1.29, 1.82) is 0 Å².